The summed E-state index contributed by atoms with van der Waals surface area (Å²) in [5, 5.41) is 21.5. The molecular weight excluding hydrogens is 633 g/mol. The third kappa shape index (κ3) is 5.48. The van der Waals surface area contributed by atoms with Crippen LogP contribution < -0.4 is 0 Å². The molecule has 1 aromatic heterocycles. The van der Waals surface area contributed by atoms with Crippen LogP contribution in [-0.2, 0) is 14.9 Å². The Morgan fingerprint density at radius 2 is 1.03 bits per heavy atom. The zero-order valence-electron chi connectivity index (χ0n) is 16.8. The van der Waals surface area contributed by atoms with Crippen LogP contribution in [0.4, 0.5) is 55.3 Å². The molecule has 0 aliphatic heterocycles. The Kier molecular flexibility index (Phi) is 7.65. The first kappa shape index (κ1) is 30.2. The zero-order valence-corrected chi connectivity index (χ0v) is 19.3. The van der Waals surface area contributed by atoms with Gasteiger partial charge in [0.25, 0.3) is 0 Å². The molecule has 0 saturated carbocycles. The first-order valence-corrected chi connectivity index (χ1v) is 12.6. The first-order valence-electron chi connectivity index (χ1n) is 8.61. The molecule has 0 unspecified atom stereocenters. The number of rotatable bonds is 4. The summed E-state index contributed by atoms with van der Waals surface area (Å²) >= 11 is -4.67. The molecule has 0 aliphatic carbocycles. The minimum atomic E-state index is -6.61. The van der Waals surface area contributed by atoms with Crippen LogP contribution in [0.5, 0.6) is 0 Å². The van der Waals surface area contributed by atoms with E-state index in [0.29, 0.717) is 12.1 Å². The van der Waals surface area contributed by atoms with Crippen molar-refractivity contribution in [2.24, 2.45) is 0 Å². The molecule has 0 radical (unpaired) electrons. The maximum absolute atomic E-state index is 14.7. The molecule has 37 heavy (non-hydrogen) atoms. The van der Waals surface area contributed by atoms with E-state index < -0.39 is 75.7 Å². The molecule has 3 rings (SSSR count). The van der Waals surface area contributed by atoms with Gasteiger partial charge in [0.2, 0.25) is 0 Å². The Bertz CT molecular complexity index is 1430. The predicted molar refractivity (Wildman–Crippen MR) is 103 cm³/mol. The van der Waals surface area contributed by atoms with Crippen LogP contribution in [0, 0.1) is 20.2 Å². The van der Waals surface area contributed by atoms with Gasteiger partial charge in [0.05, 0.1) is 0 Å². The first-order chi connectivity index (χ1) is 16.4. The van der Waals surface area contributed by atoms with Crippen molar-refractivity contribution in [1.82, 2.24) is 0 Å². The second kappa shape index (κ2) is 9.37. The van der Waals surface area contributed by atoms with Gasteiger partial charge in [-0.25, -0.2) is 8.42 Å². The number of nitro groups is 2. The van der Waals surface area contributed by atoms with Gasteiger partial charge in [0, 0.05) is 0 Å². The molecule has 0 atom stereocenters. The van der Waals surface area contributed by atoms with E-state index in [1.165, 1.54) is 0 Å². The number of fused-ring (bicyclic) bond motifs is 3. The summed E-state index contributed by atoms with van der Waals surface area (Å²) in [5.74, 6) is -6.46. The molecule has 9 nitrogen and oxygen atoms in total. The van der Waals surface area contributed by atoms with Crippen molar-refractivity contribution in [3.8, 4) is 0 Å². The monoisotopic (exact) mass is 640 g/mol. The second-order valence-corrected chi connectivity index (χ2v) is 12.2. The van der Waals surface area contributed by atoms with Crippen LogP contribution in [0.3, 0.4) is 0 Å². The van der Waals surface area contributed by atoms with Crippen LogP contribution in [0.25, 0.3) is 19.3 Å². The summed E-state index contributed by atoms with van der Waals surface area (Å²) in [6.45, 7) is 0. The normalized spacial score (nSPS) is 13.4. The molecule has 0 fully saturated rings. The Morgan fingerprint density at radius 3 is 1.27 bits per heavy atom. The number of non-ortho nitro benzene ring substituents is 2. The fourth-order valence-corrected chi connectivity index (χ4v) is 7.83. The average Bonchev–Trinajstić information content (AvgIpc) is 3.05. The van der Waals surface area contributed by atoms with Crippen molar-refractivity contribution >= 4 is 54.2 Å². The maximum atomic E-state index is 14.7. The molecule has 0 bridgehead atoms. The quantitative estimate of drug-likeness (QED) is 0.0935. The van der Waals surface area contributed by atoms with Crippen molar-refractivity contribution < 1.29 is 66.7 Å². The molecule has 0 saturated heterocycles. The molecule has 3 aromatic rings. The van der Waals surface area contributed by atoms with Gasteiger partial charge in [-0.2, -0.15) is 13.2 Å². The van der Waals surface area contributed by atoms with E-state index in [1.54, 1.807) is 0 Å². The number of hydrogen-bond acceptors (Lipinski definition) is 7. The van der Waals surface area contributed by atoms with Gasteiger partial charge in [-0.1, -0.05) is 0 Å². The molecule has 0 amide bonds. The summed E-state index contributed by atoms with van der Waals surface area (Å²) in [4.78, 5) is 14.2. The van der Waals surface area contributed by atoms with Crippen LogP contribution in [0.2, 0.25) is 0 Å². The Labute approximate surface area is 200 Å². The van der Waals surface area contributed by atoms with E-state index in [4.69, 9.17) is 13.0 Å². The van der Waals surface area contributed by atoms with E-state index in [2.05, 4.69) is 0 Å². The number of nitrogens with zero attached hydrogens (tertiary/aromatic N) is 2. The van der Waals surface area contributed by atoms with E-state index in [0.717, 1.165) is 24.3 Å². The molecule has 0 N–H and O–H groups in total. The van der Waals surface area contributed by atoms with E-state index in [9.17, 15) is 64.1 Å². The van der Waals surface area contributed by atoms with Gasteiger partial charge < -0.3 is 4.55 Å². The molecular formula is C16H6F10N2O7SSe. The Morgan fingerprint density at radius 1 is 0.703 bits per heavy atom. The Balaban J connectivity index is 0.000000521. The molecule has 2 aromatic carbocycles. The van der Waals surface area contributed by atoms with Gasteiger partial charge in [0.1, 0.15) is 0 Å². The summed E-state index contributed by atoms with van der Waals surface area (Å²) in [5.41, 5.74) is -7.22. The molecule has 1 heterocycles. The van der Waals surface area contributed by atoms with E-state index in [1.807, 2.05) is 0 Å². The number of halogens is 10. The topological polar surface area (TPSA) is 143 Å². The fourth-order valence-electron chi connectivity index (χ4n) is 2.72. The standard InChI is InChI=1S/C15H6F7N2O4Se.CHF3O3S/c16-13(17,14(18,19)20)15(21,22)29-11-5-7(23(25)26)1-3-9(11)10-4-2-8(24(27)28)6-12(10)29;2-1(3,4)8(5,6)7/h1-6H;(H,5,6,7)/q+1;/p-1. The van der Waals surface area contributed by atoms with Crippen molar-refractivity contribution in [1.29, 1.82) is 0 Å². The average molecular weight is 639 g/mol. The molecule has 0 aliphatic rings. The SMILES string of the molecule is O=S(=O)([O-])C(F)(F)F.O=[N+]([O-])c1ccc2c3ccc([N+](=O)[O-])cc3[se+](C(F)(F)C(F)(F)C(F)(F)F)c2c1. The fraction of sp³-hybridized carbons (Fsp3) is 0.250. The summed E-state index contributed by atoms with van der Waals surface area (Å²) < 4.78 is 152. The van der Waals surface area contributed by atoms with Crippen LogP contribution >= 0.6 is 0 Å². The van der Waals surface area contributed by atoms with Crippen molar-refractivity contribution in [3.05, 3.63) is 56.6 Å². The van der Waals surface area contributed by atoms with Crippen LogP contribution in [-0.4, -0.2) is 53.9 Å². The summed E-state index contributed by atoms with van der Waals surface area (Å²) in [6.07, 6.45) is -6.61. The third-order valence-corrected chi connectivity index (χ3v) is 9.79. The van der Waals surface area contributed by atoms with Gasteiger partial charge in [-0.05, 0) is 0 Å². The number of benzene rings is 2. The van der Waals surface area contributed by atoms with Crippen LogP contribution in [0.1, 0.15) is 0 Å². The minimum absolute atomic E-state index is 0.205. The van der Waals surface area contributed by atoms with Crippen molar-refractivity contribution in [3.63, 3.8) is 0 Å². The van der Waals surface area contributed by atoms with E-state index >= 15 is 0 Å². The van der Waals surface area contributed by atoms with E-state index in [-0.39, 0.29) is 10.8 Å². The Hall–Kier alpha value is -3.03. The number of nitro benzene ring substituents is 2. The molecule has 21 heteroatoms. The zero-order chi connectivity index (χ0) is 28.9. The predicted octanol–water partition coefficient (Wildman–Crippen LogP) is 5.35. The number of alkyl halides is 10. The molecule has 0 spiro atoms. The van der Waals surface area contributed by atoms with Gasteiger partial charge in [-0.3, -0.25) is 0 Å². The van der Waals surface area contributed by atoms with Gasteiger partial charge in [-0.15, -0.1) is 0 Å². The summed E-state index contributed by atoms with van der Waals surface area (Å²) in [7, 11) is -6.09. The van der Waals surface area contributed by atoms with Gasteiger partial charge >= 0.3 is 164 Å². The summed E-state index contributed by atoms with van der Waals surface area (Å²) in [6, 6.07) is 4.68. The third-order valence-electron chi connectivity index (χ3n) is 4.34. The number of hydrogen-bond donors (Lipinski definition) is 0. The molecule has 204 valence electrons. The van der Waals surface area contributed by atoms with Crippen LogP contribution in [0.15, 0.2) is 36.4 Å². The second-order valence-electron chi connectivity index (χ2n) is 6.67. The van der Waals surface area contributed by atoms with Gasteiger partial charge in [0.15, 0.2) is 10.1 Å². The van der Waals surface area contributed by atoms with Crippen molar-refractivity contribution in [2.75, 3.05) is 0 Å². The van der Waals surface area contributed by atoms with Crippen molar-refractivity contribution in [2.45, 2.75) is 22.4 Å².